The minimum atomic E-state index is -1.76. The minimum Gasteiger partial charge on any atom is -0.475 e. The number of carboxylic acids is 1. The van der Waals surface area contributed by atoms with Gasteiger partial charge in [0.05, 0.1) is 6.20 Å². The molecule has 0 atom stereocenters. The van der Waals surface area contributed by atoms with E-state index in [0.717, 1.165) is 6.20 Å². The van der Waals surface area contributed by atoms with Crippen LogP contribution in [0.3, 0.4) is 0 Å². The molecule has 1 aromatic heterocycles. The minimum absolute atomic E-state index is 0.558. The Morgan fingerprint density at radius 1 is 1.62 bits per heavy atom. The molecular formula is C5H3N3O5. The first kappa shape index (κ1) is 8.84. The fourth-order valence-electron chi connectivity index (χ4n) is 0.700. The highest BCUT2D eigenvalue weighted by molar-refractivity contribution is 6.40. The quantitative estimate of drug-likeness (QED) is 0.285. The van der Waals surface area contributed by atoms with Crippen molar-refractivity contribution in [3.8, 4) is 0 Å². The summed E-state index contributed by atoms with van der Waals surface area (Å²) in [5.41, 5.74) is -0.558. The third kappa shape index (κ3) is 1.50. The van der Waals surface area contributed by atoms with Gasteiger partial charge in [0.1, 0.15) is 5.56 Å². The fourth-order valence-corrected chi connectivity index (χ4v) is 0.700. The lowest BCUT2D eigenvalue weighted by Crippen LogP contribution is -2.13. The lowest BCUT2D eigenvalue weighted by Gasteiger charge is -1.91. The van der Waals surface area contributed by atoms with Gasteiger partial charge >= 0.3 is 11.8 Å². The molecule has 0 aliphatic rings. The van der Waals surface area contributed by atoms with Gasteiger partial charge in [-0.05, 0) is 4.92 Å². The average molecular weight is 185 g/mol. The lowest BCUT2D eigenvalue weighted by molar-refractivity contribution is -0.389. The Morgan fingerprint density at radius 3 is 2.69 bits per heavy atom. The van der Waals surface area contributed by atoms with Gasteiger partial charge < -0.3 is 15.2 Å². The molecule has 8 heteroatoms. The van der Waals surface area contributed by atoms with Crippen LogP contribution in [0.25, 0.3) is 0 Å². The maximum absolute atomic E-state index is 10.8. The summed E-state index contributed by atoms with van der Waals surface area (Å²) < 4.78 is 0. The summed E-state index contributed by atoms with van der Waals surface area (Å²) >= 11 is 0. The number of carbonyl (C=O) groups excluding carboxylic acids is 1. The van der Waals surface area contributed by atoms with Crippen LogP contribution in [0, 0.1) is 10.1 Å². The van der Waals surface area contributed by atoms with E-state index < -0.39 is 28.1 Å². The third-order valence-corrected chi connectivity index (χ3v) is 1.24. The van der Waals surface area contributed by atoms with Gasteiger partial charge in [-0.1, -0.05) is 5.10 Å². The highest BCUT2D eigenvalue weighted by Crippen LogP contribution is 2.13. The zero-order valence-corrected chi connectivity index (χ0v) is 6.05. The van der Waals surface area contributed by atoms with Crippen molar-refractivity contribution in [2.75, 3.05) is 0 Å². The first-order valence-corrected chi connectivity index (χ1v) is 2.99. The summed E-state index contributed by atoms with van der Waals surface area (Å²) in [6, 6.07) is 0. The number of hydrogen-bond acceptors (Lipinski definition) is 5. The number of nitro groups is 1. The van der Waals surface area contributed by atoms with Gasteiger partial charge in [-0.15, -0.1) is 5.10 Å². The number of carbonyl (C=O) groups is 2. The third-order valence-electron chi connectivity index (χ3n) is 1.24. The van der Waals surface area contributed by atoms with Gasteiger partial charge in [-0.25, -0.2) is 4.79 Å². The largest absolute Gasteiger partial charge is 0.475 e. The van der Waals surface area contributed by atoms with Crippen molar-refractivity contribution in [1.82, 2.24) is 10.2 Å². The van der Waals surface area contributed by atoms with E-state index in [1.54, 1.807) is 0 Å². The molecule has 0 radical (unpaired) electrons. The van der Waals surface area contributed by atoms with E-state index in [4.69, 9.17) is 5.11 Å². The number of nitrogens with zero attached hydrogens (tertiary/aromatic N) is 2. The Bertz CT molecular complexity index is 381. The van der Waals surface area contributed by atoms with Crippen LogP contribution in [0.4, 0.5) is 5.82 Å². The Hall–Kier alpha value is -2.25. The van der Waals surface area contributed by atoms with Crippen LogP contribution in [0.15, 0.2) is 6.20 Å². The van der Waals surface area contributed by atoms with Crippen LogP contribution in [-0.2, 0) is 4.79 Å². The van der Waals surface area contributed by atoms with Crippen LogP contribution < -0.4 is 0 Å². The second kappa shape index (κ2) is 3.01. The SMILES string of the molecule is O=C(O)C(=O)c1cn[nH]c1[N+](=O)[O-]. The summed E-state index contributed by atoms with van der Waals surface area (Å²) in [6.45, 7) is 0. The molecular weight excluding hydrogens is 182 g/mol. The zero-order valence-electron chi connectivity index (χ0n) is 6.05. The highest BCUT2D eigenvalue weighted by Gasteiger charge is 2.26. The van der Waals surface area contributed by atoms with Crippen LogP contribution in [0.1, 0.15) is 10.4 Å². The van der Waals surface area contributed by atoms with Crippen LogP contribution >= 0.6 is 0 Å². The second-order valence-electron chi connectivity index (χ2n) is 2.02. The number of carboxylic acid groups (broad SMARTS) is 1. The van der Waals surface area contributed by atoms with Gasteiger partial charge in [0.25, 0.3) is 5.78 Å². The molecule has 0 aliphatic heterocycles. The first-order chi connectivity index (χ1) is 6.04. The van der Waals surface area contributed by atoms with Gasteiger partial charge in [-0.3, -0.25) is 4.79 Å². The first-order valence-electron chi connectivity index (χ1n) is 2.99. The van der Waals surface area contributed by atoms with E-state index >= 15 is 0 Å². The molecule has 1 rings (SSSR count). The molecule has 68 valence electrons. The van der Waals surface area contributed by atoms with Gasteiger partial charge in [-0.2, -0.15) is 0 Å². The van der Waals surface area contributed by atoms with E-state index in [-0.39, 0.29) is 0 Å². The number of aromatic nitrogens is 2. The number of ketones is 1. The van der Waals surface area contributed by atoms with Crippen LogP contribution in [0.2, 0.25) is 0 Å². The molecule has 8 nitrogen and oxygen atoms in total. The molecule has 13 heavy (non-hydrogen) atoms. The van der Waals surface area contributed by atoms with Gasteiger partial charge in [0, 0.05) is 0 Å². The predicted octanol–water partition coefficient (Wildman–Crippen LogP) is -0.415. The summed E-state index contributed by atoms with van der Waals surface area (Å²) in [5.74, 6) is -3.84. The molecule has 0 aliphatic carbocycles. The number of Topliss-reactive ketones (excluding diaryl/α,β-unsaturated/α-hetero) is 1. The van der Waals surface area contributed by atoms with E-state index in [0.29, 0.717) is 0 Å². The molecule has 0 saturated heterocycles. The molecule has 0 unspecified atom stereocenters. The maximum atomic E-state index is 10.8. The fraction of sp³-hybridized carbons (Fsp3) is 0. The number of hydrogen-bond donors (Lipinski definition) is 2. The molecule has 0 spiro atoms. The molecule has 2 N–H and O–H groups in total. The van der Waals surface area contributed by atoms with Crippen molar-refractivity contribution in [2.24, 2.45) is 0 Å². The predicted molar refractivity (Wildman–Crippen MR) is 37.2 cm³/mol. The summed E-state index contributed by atoms with van der Waals surface area (Å²) in [5, 5.41) is 23.5. The summed E-state index contributed by atoms with van der Waals surface area (Å²) in [6.07, 6.45) is 0.800. The van der Waals surface area contributed by atoms with Gasteiger partial charge in [0.2, 0.25) is 0 Å². The normalized spacial score (nSPS) is 9.54. The molecule has 1 aromatic rings. The Labute approximate surface area is 70.3 Å². The van der Waals surface area contributed by atoms with Crippen molar-refractivity contribution in [3.63, 3.8) is 0 Å². The Morgan fingerprint density at radius 2 is 2.23 bits per heavy atom. The van der Waals surface area contributed by atoms with Crippen molar-refractivity contribution in [2.45, 2.75) is 0 Å². The molecule has 1 heterocycles. The average Bonchev–Trinajstić information content (AvgIpc) is 2.50. The van der Waals surface area contributed by atoms with Crippen molar-refractivity contribution in [3.05, 3.63) is 21.9 Å². The second-order valence-corrected chi connectivity index (χ2v) is 2.02. The van der Waals surface area contributed by atoms with Crippen molar-refractivity contribution in [1.29, 1.82) is 0 Å². The molecule has 0 saturated carbocycles. The van der Waals surface area contributed by atoms with E-state index in [2.05, 4.69) is 5.10 Å². The molecule has 0 amide bonds. The van der Waals surface area contributed by atoms with Crippen LogP contribution in [-0.4, -0.2) is 32.0 Å². The molecule has 0 bridgehead atoms. The highest BCUT2D eigenvalue weighted by atomic mass is 16.6. The Balaban J connectivity index is 3.15. The van der Waals surface area contributed by atoms with Crippen LogP contribution in [0.5, 0.6) is 0 Å². The van der Waals surface area contributed by atoms with Crippen molar-refractivity contribution >= 4 is 17.6 Å². The lowest BCUT2D eigenvalue weighted by atomic mass is 10.2. The number of H-pyrrole nitrogens is 1. The van der Waals surface area contributed by atoms with Crippen molar-refractivity contribution < 1.29 is 19.6 Å². The number of rotatable bonds is 3. The van der Waals surface area contributed by atoms with Gasteiger partial charge in [0.15, 0.2) is 0 Å². The number of aromatic amines is 1. The van der Waals surface area contributed by atoms with E-state index in [1.807, 2.05) is 5.10 Å². The molecule has 0 aromatic carbocycles. The number of nitrogens with one attached hydrogen (secondary N) is 1. The zero-order chi connectivity index (χ0) is 10.0. The summed E-state index contributed by atoms with van der Waals surface area (Å²) in [4.78, 5) is 30.2. The van der Waals surface area contributed by atoms with E-state index in [9.17, 15) is 19.7 Å². The van der Waals surface area contributed by atoms with E-state index in [1.165, 1.54) is 0 Å². The standard InChI is InChI=1S/C5H3N3O5/c9-3(5(10)11)2-1-6-7-4(2)8(12)13/h1H,(H,6,7)(H,10,11). The topological polar surface area (TPSA) is 126 Å². The number of aliphatic carboxylic acids is 1. The summed E-state index contributed by atoms with van der Waals surface area (Å²) in [7, 11) is 0. The smallest absolute Gasteiger partial charge is 0.377 e. The molecule has 0 fully saturated rings. The monoisotopic (exact) mass is 185 g/mol. The maximum Gasteiger partial charge on any atom is 0.377 e. The Kier molecular flexibility index (Phi) is 2.05.